The zero-order valence-corrected chi connectivity index (χ0v) is 14.3. The van der Waals surface area contributed by atoms with E-state index in [4.69, 9.17) is 14.6 Å². The van der Waals surface area contributed by atoms with Crippen LogP contribution in [0.5, 0.6) is 5.75 Å². The number of rotatable bonds is 6. The minimum atomic E-state index is -0.946. The Labute approximate surface area is 150 Å². The largest absolute Gasteiger partial charge is 0.491 e. The van der Waals surface area contributed by atoms with E-state index in [0.29, 0.717) is 13.2 Å². The molecule has 0 saturated heterocycles. The molecule has 0 unspecified atom stereocenters. The normalized spacial score (nSPS) is 11.9. The lowest BCUT2D eigenvalue weighted by Gasteiger charge is -2.08. The SMILES string of the molecule is COCCOc1ccc2c(c1)Cc1cn(-c3cccc(C(=O)O)c3)nc1-2. The molecule has 3 aromatic rings. The number of nitrogens with zero attached hydrogens (tertiary/aromatic N) is 2. The zero-order chi connectivity index (χ0) is 18.1. The number of hydrogen-bond donors (Lipinski definition) is 1. The standard InChI is InChI=1S/C20H18N2O4/c1-25-7-8-26-17-5-6-18-14(11-17)9-15-12-22(21-19(15)18)16-4-2-3-13(10-16)20(23)24/h2-6,10-12H,7-9H2,1H3,(H,23,24). The van der Waals surface area contributed by atoms with Gasteiger partial charge in [0.1, 0.15) is 12.4 Å². The first-order valence-electron chi connectivity index (χ1n) is 8.33. The van der Waals surface area contributed by atoms with Crippen molar-refractivity contribution in [2.75, 3.05) is 20.3 Å². The van der Waals surface area contributed by atoms with Crippen molar-refractivity contribution in [3.63, 3.8) is 0 Å². The van der Waals surface area contributed by atoms with Gasteiger partial charge < -0.3 is 14.6 Å². The Balaban J connectivity index is 1.61. The molecule has 4 rings (SSSR count). The fourth-order valence-corrected chi connectivity index (χ4v) is 3.16. The van der Waals surface area contributed by atoms with Crippen LogP contribution in [0.15, 0.2) is 48.7 Å². The predicted octanol–water partition coefficient (Wildman–Crippen LogP) is 3.17. The summed E-state index contributed by atoms with van der Waals surface area (Å²) in [4.78, 5) is 11.2. The van der Waals surface area contributed by atoms with Crippen LogP contribution in [-0.4, -0.2) is 41.2 Å². The third-order valence-corrected chi connectivity index (χ3v) is 4.42. The Bertz CT molecular complexity index is 978. The van der Waals surface area contributed by atoms with Gasteiger partial charge >= 0.3 is 5.97 Å². The van der Waals surface area contributed by atoms with Crippen molar-refractivity contribution in [2.24, 2.45) is 0 Å². The summed E-state index contributed by atoms with van der Waals surface area (Å²) in [6.45, 7) is 1.08. The van der Waals surface area contributed by atoms with E-state index < -0.39 is 5.97 Å². The van der Waals surface area contributed by atoms with Crippen molar-refractivity contribution in [3.05, 3.63) is 65.4 Å². The number of aromatic carboxylic acids is 1. The fraction of sp³-hybridized carbons (Fsp3) is 0.200. The van der Waals surface area contributed by atoms with Gasteiger partial charge in [-0.1, -0.05) is 6.07 Å². The topological polar surface area (TPSA) is 73.6 Å². The summed E-state index contributed by atoms with van der Waals surface area (Å²) < 4.78 is 12.4. The maximum absolute atomic E-state index is 11.2. The molecule has 6 nitrogen and oxygen atoms in total. The summed E-state index contributed by atoms with van der Waals surface area (Å²) in [5.41, 5.74) is 5.31. The molecule has 0 bridgehead atoms. The van der Waals surface area contributed by atoms with Crippen LogP contribution >= 0.6 is 0 Å². The molecule has 1 aliphatic carbocycles. The number of methoxy groups -OCH3 is 1. The lowest BCUT2D eigenvalue weighted by molar-refractivity contribution is 0.0697. The summed E-state index contributed by atoms with van der Waals surface area (Å²) in [7, 11) is 1.65. The molecule has 1 aliphatic rings. The molecular formula is C20H18N2O4. The molecule has 1 aromatic heterocycles. The number of fused-ring (bicyclic) bond motifs is 3. The molecule has 0 atom stereocenters. The van der Waals surface area contributed by atoms with Gasteiger partial charge in [-0.15, -0.1) is 0 Å². The minimum Gasteiger partial charge on any atom is -0.491 e. The van der Waals surface area contributed by atoms with Crippen molar-refractivity contribution in [2.45, 2.75) is 6.42 Å². The molecule has 2 aromatic carbocycles. The fourth-order valence-electron chi connectivity index (χ4n) is 3.16. The van der Waals surface area contributed by atoms with Gasteiger partial charge in [-0.25, -0.2) is 9.48 Å². The number of ether oxygens (including phenoxy) is 2. The first kappa shape index (κ1) is 16.4. The van der Waals surface area contributed by atoms with Crippen LogP contribution < -0.4 is 4.74 Å². The summed E-state index contributed by atoms with van der Waals surface area (Å²) in [6.07, 6.45) is 2.74. The third-order valence-electron chi connectivity index (χ3n) is 4.42. The molecule has 0 saturated carbocycles. The number of benzene rings is 2. The summed E-state index contributed by atoms with van der Waals surface area (Å²) in [5.74, 6) is -0.120. The highest BCUT2D eigenvalue weighted by atomic mass is 16.5. The summed E-state index contributed by atoms with van der Waals surface area (Å²) in [5, 5.41) is 13.8. The van der Waals surface area contributed by atoms with E-state index in [1.54, 1.807) is 30.0 Å². The van der Waals surface area contributed by atoms with Gasteiger partial charge in [-0.3, -0.25) is 0 Å². The molecule has 0 amide bonds. The average molecular weight is 350 g/mol. The molecule has 26 heavy (non-hydrogen) atoms. The second kappa shape index (κ2) is 6.65. The van der Waals surface area contributed by atoms with Gasteiger partial charge in [-0.05, 0) is 42.0 Å². The van der Waals surface area contributed by atoms with Crippen molar-refractivity contribution in [3.8, 4) is 22.7 Å². The van der Waals surface area contributed by atoms with Gasteiger partial charge in [0.15, 0.2) is 0 Å². The highest BCUT2D eigenvalue weighted by Gasteiger charge is 2.23. The average Bonchev–Trinajstić information content (AvgIpc) is 3.19. The highest BCUT2D eigenvalue weighted by Crippen LogP contribution is 2.37. The molecule has 0 aliphatic heterocycles. The monoisotopic (exact) mass is 350 g/mol. The molecule has 132 valence electrons. The quantitative estimate of drug-likeness (QED) is 0.541. The Morgan fingerprint density at radius 2 is 2.08 bits per heavy atom. The molecule has 1 N–H and O–H groups in total. The highest BCUT2D eigenvalue weighted by molar-refractivity contribution is 5.88. The smallest absolute Gasteiger partial charge is 0.335 e. The Kier molecular flexibility index (Phi) is 4.18. The Morgan fingerprint density at radius 1 is 1.19 bits per heavy atom. The second-order valence-corrected chi connectivity index (χ2v) is 6.14. The van der Waals surface area contributed by atoms with E-state index in [1.165, 1.54) is 5.56 Å². The summed E-state index contributed by atoms with van der Waals surface area (Å²) in [6, 6.07) is 12.8. The van der Waals surface area contributed by atoms with Crippen molar-refractivity contribution in [1.29, 1.82) is 0 Å². The second-order valence-electron chi connectivity index (χ2n) is 6.14. The predicted molar refractivity (Wildman–Crippen MR) is 96.1 cm³/mol. The zero-order valence-electron chi connectivity index (χ0n) is 14.3. The number of aromatic nitrogens is 2. The first-order valence-corrected chi connectivity index (χ1v) is 8.33. The van der Waals surface area contributed by atoms with Crippen molar-refractivity contribution >= 4 is 5.97 Å². The van der Waals surface area contributed by atoms with E-state index in [1.807, 2.05) is 30.5 Å². The maximum atomic E-state index is 11.2. The van der Waals surface area contributed by atoms with Crippen molar-refractivity contribution < 1.29 is 19.4 Å². The van der Waals surface area contributed by atoms with Crippen LogP contribution in [0, 0.1) is 0 Å². The van der Waals surface area contributed by atoms with E-state index in [-0.39, 0.29) is 5.56 Å². The van der Waals surface area contributed by atoms with Crippen molar-refractivity contribution in [1.82, 2.24) is 9.78 Å². The molecule has 0 spiro atoms. The van der Waals surface area contributed by atoms with E-state index in [0.717, 1.165) is 34.7 Å². The van der Waals surface area contributed by atoms with Crippen LogP contribution in [-0.2, 0) is 11.2 Å². The molecule has 6 heteroatoms. The molecule has 0 radical (unpaired) electrons. The maximum Gasteiger partial charge on any atom is 0.335 e. The van der Waals surface area contributed by atoms with Gasteiger partial charge in [0, 0.05) is 30.9 Å². The number of carboxylic acid groups (broad SMARTS) is 1. The van der Waals surface area contributed by atoms with Gasteiger partial charge in [0.05, 0.1) is 23.6 Å². The number of carboxylic acids is 1. The van der Waals surface area contributed by atoms with Gasteiger partial charge in [-0.2, -0.15) is 5.10 Å². The lowest BCUT2D eigenvalue weighted by Crippen LogP contribution is -2.04. The number of carbonyl (C=O) groups is 1. The van der Waals surface area contributed by atoms with E-state index in [9.17, 15) is 4.79 Å². The van der Waals surface area contributed by atoms with Gasteiger partial charge in [0.25, 0.3) is 0 Å². The molecular weight excluding hydrogens is 332 g/mol. The lowest BCUT2D eigenvalue weighted by atomic mass is 10.1. The van der Waals surface area contributed by atoms with E-state index in [2.05, 4.69) is 5.10 Å². The Morgan fingerprint density at radius 3 is 2.88 bits per heavy atom. The third kappa shape index (κ3) is 2.95. The van der Waals surface area contributed by atoms with Crippen LogP contribution in [0.25, 0.3) is 16.9 Å². The van der Waals surface area contributed by atoms with Crippen LogP contribution in [0.1, 0.15) is 21.5 Å². The van der Waals surface area contributed by atoms with E-state index >= 15 is 0 Å². The summed E-state index contributed by atoms with van der Waals surface area (Å²) >= 11 is 0. The van der Waals surface area contributed by atoms with Crippen LogP contribution in [0.3, 0.4) is 0 Å². The Hall–Kier alpha value is -3.12. The van der Waals surface area contributed by atoms with Crippen LogP contribution in [0.4, 0.5) is 0 Å². The van der Waals surface area contributed by atoms with Crippen LogP contribution in [0.2, 0.25) is 0 Å². The first-order chi connectivity index (χ1) is 12.7. The molecule has 0 fully saturated rings. The molecule has 1 heterocycles. The number of hydrogen-bond acceptors (Lipinski definition) is 4. The van der Waals surface area contributed by atoms with Gasteiger partial charge in [0.2, 0.25) is 0 Å². The minimum absolute atomic E-state index is 0.247.